The molecule has 0 unspecified atom stereocenters. The zero-order chi connectivity index (χ0) is 19.6. The van der Waals surface area contributed by atoms with Gasteiger partial charge in [-0.1, -0.05) is 24.3 Å². The highest BCUT2D eigenvalue weighted by atomic mass is 32.2. The number of nitrogens with one attached hydrogen (secondary N) is 1. The minimum atomic E-state index is -3.79. The molecule has 2 amide bonds. The van der Waals surface area contributed by atoms with Crippen molar-refractivity contribution in [2.24, 2.45) is 0 Å². The van der Waals surface area contributed by atoms with Gasteiger partial charge < -0.3 is 0 Å². The molecule has 0 atom stereocenters. The van der Waals surface area contributed by atoms with Crippen LogP contribution in [0.15, 0.2) is 53.4 Å². The molecule has 0 aliphatic carbocycles. The maximum atomic E-state index is 12.4. The van der Waals surface area contributed by atoms with Crippen LogP contribution in [0, 0.1) is 0 Å². The van der Waals surface area contributed by atoms with Gasteiger partial charge in [0, 0.05) is 24.1 Å². The highest BCUT2D eigenvalue weighted by Gasteiger charge is 2.28. The average molecular weight is 386 g/mol. The van der Waals surface area contributed by atoms with Crippen molar-refractivity contribution in [2.45, 2.75) is 31.2 Å². The van der Waals surface area contributed by atoms with Crippen molar-refractivity contribution in [3.05, 3.63) is 59.7 Å². The van der Waals surface area contributed by atoms with Crippen LogP contribution in [0.4, 0.5) is 5.69 Å². The number of ketones is 1. The molecule has 1 heterocycles. The highest BCUT2D eigenvalue weighted by molar-refractivity contribution is 7.92. The molecule has 7 nitrogen and oxygen atoms in total. The number of sulfonamides is 1. The van der Waals surface area contributed by atoms with Gasteiger partial charge >= 0.3 is 0 Å². The maximum Gasteiger partial charge on any atom is 0.261 e. The number of carbonyl (C=O) groups excluding carboxylic acids is 3. The summed E-state index contributed by atoms with van der Waals surface area (Å²) in [5.41, 5.74) is 1.52. The zero-order valence-electron chi connectivity index (χ0n) is 14.6. The van der Waals surface area contributed by atoms with Crippen molar-refractivity contribution in [1.29, 1.82) is 0 Å². The van der Waals surface area contributed by atoms with Gasteiger partial charge in [-0.25, -0.2) is 8.42 Å². The number of likely N-dealkylation sites (tertiary alicyclic amines) is 1. The molecule has 2 aromatic carbocycles. The Morgan fingerprint density at radius 2 is 1.52 bits per heavy atom. The van der Waals surface area contributed by atoms with E-state index in [1.54, 1.807) is 24.3 Å². The van der Waals surface area contributed by atoms with E-state index in [4.69, 9.17) is 0 Å². The van der Waals surface area contributed by atoms with E-state index in [1.807, 2.05) is 0 Å². The molecule has 0 radical (unpaired) electrons. The number of anilines is 1. The largest absolute Gasteiger partial charge is 0.295 e. The van der Waals surface area contributed by atoms with Gasteiger partial charge in [-0.2, -0.15) is 0 Å². The van der Waals surface area contributed by atoms with E-state index in [9.17, 15) is 22.8 Å². The van der Waals surface area contributed by atoms with Crippen LogP contribution in [-0.2, 0) is 26.2 Å². The molecule has 0 spiro atoms. The fourth-order valence-electron chi connectivity index (χ4n) is 2.74. The first-order valence-electron chi connectivity index (χ1n) is 8.32. The van der Waals surface area contributed by atoms with Crippen LogP contribution >= 0.6 is 0 Å². The molecule has 140 valence electrons. The van der Waals surface area contributed by atoms with E-state index in [-0.39, 0.29) is 41.9 Å². The second-order valence-electron chi connectivity index (χ2n) is 6.26. The van der Waals surface area contributed by atoms with Crippen LogP contribution < -0.4 is 4.72 Å². The summed E-state index contributed by atoms with van der Waals surface area (Å²) in [6.07, 6.45) is 0.471. The van der Waals surface area contributed by atoms with Crippen LogP contribution in [0.5, 0.6) is 0 Å². The fourth-order valence-corrected chi connectivity index (χ4v) is 3.80. The second-order valence-corrected chi connectivity index (χ2v) is 7.94. The monoisotopic (exact) mass is 386 g/mol. The number of Topliss-reactive ketones (excluding diaryl/α,β-unsaturated/α-hetero) is 1. The van der Waals surface area contributed by atoms with Crippen molar-refractivity contribution in [3.63, 3.8) is 0 Å². The Labute approximate surface area is 157 Å². The van der Waals surface area contributed by atoms with E-state index in [0.29, 0.717) is 11.3 Å². The number of carbonyl (C=O) groups is 3. The number of amides is 2. The third-order valence-corrected chi connectivity index (χ3v) is 5.67. The minimum absolute atomic E-state index is 0.0461. The summed E-state index contributed by atoms with van der Waals surface area (Å²) >= 11 is 0. The summed E-state index contributed by atoms with van der Waals surface area (Å²) in [5.74, 6) is -0.532. The van der Waals surface area contributed by atoms with Gasteiger partial charge in [0.2, 0.25) is 11.8 Å². The van der Waals surface area contributed by atoms with Crippen LogP contribution in [0.2, 0.25) is 0 Å². The van der Waals surface area contributed by atoms with Crippen LogP contribution in [0.3, 0.4) is 0 Å². The Balaban J connectivity index is 1.70. The molecule has 3 rings (SSSR count). The third-order valence-electron chi connectivity index (χ3n) is 4.27. The molecular weight excluding hydrogens is 368 g/mol. The van der Waals surface area contributed by atoms with Gasteiger partial charge in [0.1, 0.15) is 0 Å². The molecule has 1 aliphatic rings. The molecule has 2 aromatic rings. The van der Waals surface area contributed by atoms with E-state index >= 15 is 0 Å². The SMILES string of the molecule is CC(=O)c1ccc(S(=O)(=O)Nc2ccc(CN3C(=O)CCC3=O)cc2)cc1. The van der Waals surface area contributed by atoms with Gasteiger partial charge in [-0.15, -0.1) is 0 Å². The Kier molecular flexibility index (Phi) is 5.09. The van der Waals surface area contributed by atoms with Crippen molar-refractivity contribution in [2.75, 3.05) is 4.72 Å². The lowest BCUT2D eigenvalue weighted by molar-refractivity contribution is -0.139. The molecular formula is C19H18N2O5S. The van der Waals surface area contributed by atoms with E-state index in [2.05, 4.69) is 4.72 Å². The first-order valence-corrected chi connectivity index (χ1v) is 9.80. The number of benzene rings is 2. The Morgan fingerprint density at radius 1 is 0.963 bits per heavy atom. The quantitative estimate of drug-likeness (QED) is 0.607. The summed E-state index contributed by atoms with van der Waals surface area (Å²) in [6.45, 7) is 1.59. The second kappa shape index (κ2) is 7.32. The molecule has 27 heavy (non-hydrogen) atoms. The molecule has 0 saturated carbocycles. The lowest BCUT2D eigenvalue weighted by Gasteiger charge is -2.14. The van der Waals surface area contributed by atoms with Crippen LogP contribution in [0.1, 0.15) is 35.7 Å². The summed E-state index contributed by atoms with van der Waals surface area (Å²) in [6, 6.07) is 12.1. The van der Waals surface area contributed by atoms with E-state index in [0.717, 1.165) is 5.56 Å². The molecule has 1 aliphatic heterocycles. The van der Waals surface area contributed by atoms with Gasteiger partial charge in [0.05, 0.1) is 11.4 Å². The minimum Gasteiger partial charge on any atom is -0.295 e. The van der Waals surface area contributed by atoms with Crippen molar-refractivity contribution in [1.82, 2.24) is 4.90 Å². The van der Waals surface area contributed by atoms with Gasteiger partial charge in [-0.3, -0.25) is 24.0 Å². The summed E-state index contributed by atoms with van der Waals surface area (Å²) in [5, 5.41) is 0. The van der Waals surface area contributed by atoms with Crippen LogP contribution in [-0.4, -0.2) is 30.9 Å². The first kappa shape index (κ1) is 18.8. The lowest BCUT2D eigenvalue weighted by Crippen LogP contribution is -2.28. The number of hydrogen-bond donors (Lipinski definition) is 1. The summed E-state index contributed by atoms with van der Waals surface area (Å²) < 4.78 is 27.3. The number of nitrogens with zero attached hydrogens (tertiary/aromatic N) is 1. The first-order chi connectivity index (χ1) is 12.8. The standard InChI is InChI=1S/C19H18N2O5S/c1-13(22)15-4-8-17(9-5-15)27(25,26)20-16-6-2-14(3-7-16)12-21-18(23)10-11-19(21)24/h2-9,20H,10-12H2,1H3. The molecule has 0 aromatic heterocycles. The maximum absolute atomic E-state index is 12.4. The molecule has 0 bridgehead atoms. The van der Waals surface area contributed by atoms with Crippen molar-refractivity contribution >= 4 is 33.3 Å². The molecule has 1 saturated heterocycles. The van der Waals surface area contributed by atoms with E-state index in [1.165, 1.54) is 36.1 Å². The van der Waals surface area contributed by atoms with E-state index < -0.39 is 10.0 Å². The predicted octanol–water partition coefficient (Wildman–Crippen LogP) is 2.34. The fraction of sp³-hybridized carbons (Fsp3) is 0.211. The Bertz CT molecular complexity index is 979. The summed E-state index contributed by atoms with van der Waals surface area (Å²) in [7, 11) is -3.79. The third kappa shape index (κ3) is 4.22. The molecule has 8 heteroatoms. The average Bonchev–Trinajstić information content (AvgIpc) is 2.95. The predicted molar refractivity (Wildman–Crippen MR) is 98.5 cm³/mol. The van der Waals surface area contributed by atoms with Crippen LogP contribution in [0.25, 0.3) is 0 Å². The number of imide groups is 1. The van der Waals surface area contributed by atoms with Crippen molar-refractivity contribution in [3.8, 4) is 0 Å². The normalized spacial score (nSPS) is 14.5. The topological polar surface area (TPSA) is 101 Å². The van der Waals surface area contributed by atoms with Gasteiger partial charge in [0.15, 0.2) is 5.78 Å². The number of rotatable bonds is 6. The zero-order valence-corrected chi connectivity index (χ0v) is 15.5. The molecule has 1 fully saturated rings. The lowest BCUT2D eigenvalue weighted by atomic mass is 10.2. The Morgan fingerprint density at radius 3 is 2.04 bits per heavy atom. The van der Waals surface area contributed by atoms with Crippen molar-refractivity contribution < 1.29 is 22.8 Å². The summed E-state index contributed by atoms with van der Waals surface area (Å²) in [4.78, 5) is 35.9. The van der Waals surface area contributed by atoms with Gasteiger partial charge in [-0.05, 0) is 36.8 Å². The highest BCUT2D eigenvalue weighted by Crippen LogP contribution is 2.20. The number of hydrogen-bond acceptors (Lipinski definition) is 5. The Hall–Kier alpha value is -3.00. The van der Waals surface area contributed by atoms with Gasteiger partial charge in [0.25, 0.3) is 10.0 Å². The molecule has 1 N–H and O–H groups in total. The smallest absolute Gasteiger partial charge is 0.261 e.